The van der Waals surface area contributed by atoms with Crippen molar-refractivity contribution in [2.45, 2.75) is 12.5 Å². The molecule has 0 aromatic heterocycles. The number of amides is 1. The number of hydrogen-bond acceptors (Lipinski definition) is 4. The molecule has 2 aromatic carbocycles. The Hall–Kier alpha value is -2.50. The third-order valence-corrected chi connectivity index (χ3v) is 4.60. The fourth-order valence-corrected chi connectivity index (χ4v) is 3.30. The van der Waals surface area contributed by atoms with Crippen molar-refractivity contribution in [3.05, 3.63) is 64.7 Å². The number of nitrogens with one attached hydrogen (secondary N) is 1. The number of nitrogens with zero attached hydrogens (tertiary/aromatic N) is 1. The highest BCUT2D eigenvalue weighted by Crippen LogP contribution is 2.38. The number of halogens is 1. The van der Waals surface area contributed by atoms with Gasteiger partial charge in [0.15, 0.2) is 11.5 Å². The summed E-state index contributed by atoms with van der Waals surface area (Å²) in [5.41, 5.74) is 1.85. The molecule has 1 N–H and O–H groups in total. The molecule has 2 aromatic rings. The molecule has 0 bridgehead atoms. The van der Waals surface area contributed by atoms with Crippen LogP contribution in [0.2, 0.25) is 5.02 Å². The minimum Gasteiger partial charge on any atom is -0.489 e. The zero-order valence-electron chi connectivity index (χ0n) is 16.2. The Morgan fingerprint density at radius 3 is 2.71 bits per heavy atom. The van der Waals surface area contributed by atoms with Crippen LogP contribution in [0.3, 0.4) is 0 Å². The molecule has 0 radical (unpaired) electrons. The van der Waals surface area contributed by atoms with Crippen molar-refractivity contribution >= 4 is 23.6 Å². The Morgan fingerprint density at radius 2 is 1.96 bits per heavy atom. The maximum Gasteiger partial charge on any atom is 0.244 e. The van der Waals surface area contributed by atoms with Crippen molar-refractivity contribution in [1.82, 2.24) is 10.2 Å². The summed E-state index contributed by atoms with van der Waals surface area (Å²) in [4.78, 5) is 14.6. The first-order valence-electron chi connectivity index (χ1n) is 9.30. The van der Waals surface area contributed by atoms with Crippen molar-refractivity contribution in [2.24, 2.45) is 0 Å². The Labute approximate surface area is 170 Å². The summed E-state index contributed by atoms with van der Waals surface area (Å²) in [7, 11) is 3.97. The Balaban J connectivity index is 1.72. The van der Waals surface area contributed by atoms with E-state index in [1.54, 1.807) is 12.1 Å². The Kier molecular flexibility index (Phi) is 6.95. The van der Waals surface area contributed by atoms with Gasteiger partial charge in [0.25, 0.3) is 0 Å². The van der Waals surface area contributed by atoms with Crippen LogP contribution in [0.25, 0.3) is 6.08 Å². The lowest BCUT2D eigenvalue weighted by atomic mass is 10.1. The molecule has 5 nitrogen and oxygen atoms in total. The maximum atomic E-state index is 12.5. The average molecular weight is 401 g/mol. The van der Waals surface area contributed by atoms with Crippen molar-refractivity contribution in [3.8, 4) is 11.5 Å². The van der Waals surface area contributed by atoms with Crippen molar-refractivity contribution in [1.29, 1.82) is 0 Å². The number of hydrogen-bond donors (Lipinski definition) is 1. The van der Waals surface area contributed by atoms with Gasteiger partial charge in [-0.2, -0.15) is 0 Å². The number of carbonyl (C=O) groups excluding carboxylic acids is 1. The van der Waals surface area contributed by atoms with Crippen LogP contribution >= 0.6 is 11.6 Å². The van der Waals surface area contributed by atoms with Gasteiger partial charge in [0.05, 0.1) is 24.3 Å². The molecule has 1 aliphatic heterocycles. The maximum absolute atomic E-state index is 12.5. The second-order valence-electron chi connectivity index (χ2n) is 6.95. The molecule has 1 heterocycles. The Morgan fingerprint density at radius 1 is 1.21 bits per heavy atom. The van der Waals surface area contributed by atoms with Gasteiger partial charge >= 0.3 is 0 Å². The minimum absolute atomic E-state index is 0.0966. The van der Waals surface area contributed by atoms with Crippen LogP contribution in [0.4, 0.5) is 0 Å². The summed E-state index contributed by atoms with van der Waals surface area (Å²) < 4.78 is 11.3. The number of fused-ring (bicyclic) bond motifs is 1. The van der Waals surface area contributed by atoms with Gasteiger partial charge in [-0.05, 0) is 43.4 Å². The van der Waals surface area contributed by atoms with Gasteiger partial charge in [0.1, 0.15) is 0 Å². The van der Waals surface area contributed by atoms with Crippen molar-refractivity contribution in [3.63, 3.8) is 0 Å². The first-order chi connectivity index (χ1) is 13.5. The zero-order valence-corrected chi connectivity index (χ0v) is 16.9. The van der Waals surface area contributed by atoms with Gasteiger partial charge in [0, 0.05) is 19.0 Å². The molecule has 6 heteroatoms. The molecule has 3 rings (SSSR count). The normalized spacial score (nSPS) is 14.7. The molecule has 0 unspecified atom stereocenters. The molecule has 0 saturated carbocycles. The minimum atomic E-state index is -0.168. The first kappa shape index (κ1) is 20.2. The van der Waals surface area contributed by atoms with Crippen molar-refractivity contribution in [2.75, 3.05) is 33.9 Å². The van der Waals surface area contributed by atoms with Crippen LogP contribution in [0, 0.1) is 0 Å². The van der Waals surface area contributed by atoms with Crippen LogP contribution in [0.1, 0.15) is 23.6 Å². The van der Waals surface area contributed by atoms with Gasteiger partial charge in [-0.1, -0.05) is 41.9 Å². The van der Waals surface area contributed by atoms with Crippen LogP contribution < -0.4 is 14.8 Å². The largest absolute Gasteiger partial charge is 0.489 e. The summed E-state index contributed by atoms with van der Waals surface area (Å²) in [5.74, 6) is 1.01. The molecule has 1 atom stereocenters. The predicted molar refractivity (Wildman–Crippen MR) is 112 cm³/mol. The lowest BCUT2D eigenvalue weighted by Gasteiger charge is -2.22. The summed E-state index contributed by atoms with van der Waals surface area (Å²) in [6.45, 7) is 1.87. The highest BCUT2D eigenvalue weighted by Gasteiger charge is 2.16. The van der Waals surface area contributed by atoms with E-state index in [1.807, 2.05) is 55.4 Å². The lowest BCUT2D eigenvalue weighted by molar-refractivity contribution is -0.117. The average Bonchev–Trinajstić information content (AvgIpc) is 2.92. The number of ether oxygens (including phenoxy) is 2. The van der Waals surface area contributed by atoms with E-state index in [4.69, 9.17) is 21.1 Å². The van der Waals surface area contributed by atoms with E-state index in [9.17, 15) is 4.79 Å². The zero-order chi connectivity index (χ0) is 19.9. The SMILES string of the molecule is CN(C)C[C@H](NC(=O)/C=C/c1cc(Cl)c2c(c1)OCCCO2)c1ccccc1. The summed E-state index contributed by atoms with van der Waals surface area (Å²) in [5, 5.41) is 3.55. The molecule has 0 saturated heterocycles. The fraction of sp³-hybridized carbons (Fsp3) is 0.318. The number of benzene rings is 2. The van der Waals surface area contributed by atoms with E-state index in [-0.39, 0.29) is 11.9 Å². The number of rotatable bonds is 6. The number of carbonyl (C=O) groups is 1. The second kappa shape index (κ2) is 9.62. The fourth-order valence-electron chi connectivity index (χ4n) is 3.02. The first-order valence-corrected chi connectivity index (χ1v) is 9.68. The van der Waals surface area contributed by atoms with Gasteiger partial charge in [-0.25, -0.2) is 0 Å². The molecule has 28 heavy (non-hydrogen) atoms. The molecular formula is C22H25ClN2O3. The Bertz CT molecular complexity index is 837. The van der Waals surface area contributed by atoms with Crippen molar-refractivity contribution < 1.29 is 14.3 Å². The standard InChI is InChI=1S/C22H25ClN2O3/c1-25(2)15-19(17-7-4-3-5-8-17)24-21(26)10-9-16-13-18(23)22-20(14-16)27-11-6-12-28-22/h3-5,7-10,13-14,19H,6,11-12,15H2,1-2H3,(H,24,26)/b10-9+/t19-/m0/s1. The summed E-state index contributed by atoms with van der Waals surface area (Å²) in [6, 6.07) is 13.5. The van der Waals surface area contributed by atoms with Gasteiger partial charge in [-0.15, -0.1) is 0 Å². The van der Waals surface area contributed by atoms with E-state index in [1.165, 1.54) is 6.08 Å². The van der Waals surface area contributed by atoms with Crippen LogP contribution in [-0.4, -0.2) is 44.7 Å². The molecule has 0 spiro atoms. The van der Waals surface area contributed by atoms with E-state index in [0.29, 0.717) is 36.3 Å². The van der Waals surface area contributed by atoms with E-state index in [0.717, 1.165) is 17.5 Å². The van der Waals surface area contributed by atoms with Crippen LogP contribution in [0.15, 0.2) is 48.5 Å². The molecule has 1 aliphatic rings. The number of likely N-dealkylation sites (N-methyl/N-ethyl adjacent to an activating group) is 1. The lowest BCUT2D eigenvalue weighted by Crippen LogP contribution is -2.34. The topological polar surface area (TPSA) is 50.8 Å². The van der Waals surface area contributed by atoms with Gasteiger partial charge in [-0.3, -0.25) is 4.79 Å². The van der Waals surface area contributed by atoms with E-state index >= 15 is 0 Å². The van der Waals surface area contributed by atoms with E-state index < -0.39 is 0 Å². The predicted octanol–water partition coefficient (Wildman–Crippen LogP) is 3.93. The summed E-state index contributed by atoms with van der Waals surface area (Å²) >= 11 is 6.31. The van der Waals surface area contributed by atoms with Crippen LogP contribution in [0.5, 0.6) is 11.5 Å². The third kappa shape index (κ3) is 5.50. The monoisotopic (exact) mass is 400 g/mol. The van der Waals surface area contributed by atoms with E-state index in [2.05, 4.69) is 5.32 Å². The highest BCUT2D eigenvalue weighted by atomic mass is 35.5. The smallest absolute Gasteiger partial charge is 0.244 e. The highest BCUT2D eigenvalue weighted by molar-refractivity contribution is 6.32. The molecule has 0 fully saturated rings. The molecule has 1 amide bonds. The second-order valence-corrected chi connectivity index (χ2v) is 7.36. The third-order valence-electron chi connectivity index (χ3n) is 4.32. The summed E-state index contributed by atoms with van der Waals surface area (Å²) in [6.07, 6.45) is 4.06. The molecule has 148 valence electrons. The molecule has 0 aliphatic carbocycles. The van der Waals surface area contributed by atoms with Gasteiger partial charge in [0.2, 0.25) is 5.91 Å². The quantitative estimate of drug-likeness (QED) is 0.746. The molecular weight excluding hydrogens is 376 g/mol. The van der Waals surface area contributed by atoms with Gasteiger partial charge < -0.3 is 19.7 Å². The van der Waals surface area contributed by atoms with Crippen LogP contribution in [-0.2, 0) is 4.79 Å².